The molecule has 2 aromatic carbocycles. The van der Waals surface area contributed by atoms with Crippen molar-refractivity contribution in [1.82, 2.24) is 5.32 Å². The van der Waals surface area contributed by atoms with Crippen molar-refractivity contribution in [3.05, 3.63) is 60.2 Å². The number of urea groups is 1. The van der Waals surface area contributed by atoms with Crippen LogP contribution in [0.3, 0.4) is 0 Å². The zero-order valence-electron chi connectivity index (χ0n) is 15.0. The molecule has 1 heterocycles. The highest BCUT2D eigenvalue weighted by molar-refractivity contribution is 6.00. The summed E-state index contributed by atoms with van der Waals surface area (Å²) in [6, 6.07) is 16.1. The van der Waals surface area contributed by atoms with Gasteiger partial charge in [0.15, 0.2) is 0 Å². The molecule has 1 aliphatic carbocycles. The van der Waals surface area contributed by atoms with Crippen molar-refractivity contribution in [2.75, 3.05) is 23.8 Å². The summed E-state index contributed by atoms with van der Waals surface area (Å²) in [5.74, 6) is -0.0661. The van der Waals surface area contributed by atoms with Gasteiger partial charge < -0.3 is 20.7 Å². The second-order valence-electron chi connectivity index (χ2n) is 7.23. The van der Waals surface area contributed by atoms with E-state index < -0.39 is 0 Å². The summed E-state index contributed by atoms with van der Waals surface area (Å²) in [4.78, 5) is 24.5. The molecule has 1 saturated heterocycles. The van der Waals surface area contributed by atoms with Gasteiger partial charge in [-0.1, -0.05) is 18.2 Å². The van der Waals surface area contributed by atoms with Crippen LogP contribution in [0.2, 0.25) is 0 Å². The molecule has 0 aromatic heterocycles. The van der Waals surface area contributed by atoms with Crippen molar-refractivity contribution in [2.24, 2.45) is 5.41 Å². The highest BCUT2D eigenvalue weighted by atomic mass is 16.5. The van der Waals surface area contributed by atoms with E-state index in [4.69, 9.17) is 4.74 Å². The molecule has 140 valence electrons. The first kappa shape index (κ1) is 17.5. The van der Waals surface area contributed by atoms with Crippen LogP contribution < -0.4 is 16.0 Å². The highest BCUT2D eigenvalue weighted by Crippen LogP contribution is 2.53. The smallest absolute Gasteiger partial charge is 0.323 e. The lowest BCUT2D eigenvalue weighted by atomic mass is 9.96. The predicted octanol–water partition coefficient (Wildman–Crippen LogP) is 3.63. The lowest BCUT2D eigenvalue weighted by Crippen LogP contribution is -2.32. The number of hydrogen-bond acceptors (Lipinski definition) is 3. The highest BCUT2D eigenvalue weighted by Gasteiger charge is 2.54. The summed E-state index contributed by atoms with van der Waals surface area (Å²) >= 11 is 0. The van der Waals surface area contributed by atoms with Gasteiger partial charge in [-0.3, -0.25) is 4.79 Å². The van der Waals surface area contributed by atoms with Crippen LogP contribution in [-0.2, 0) is 4.74 Å². The Labute approximate surface area is 158 Å². The number of nitrogens with one attached hydrogen (secondary N) is 3. The summed E-state index contributed by atoms with van der Waals surface area (Å²) in [6.45, 7) is 1.58. The molecule has 1 unspecified atom stereocenters. The van der Waals surface area contributed by atoms with Gasteiger partial charge in [-0.15, -0.1) is 0 Å². The van der Waals surface area contributed by atoms with Crippen LogP contribution in [-0.4, -0.2) is 31.2 Å². The molecule has 3 N–H and O–H groups in total. The minimum Gasteiger partial charge on any atom is -0.381 e. The molecule has 6 nitrogen and oxygen atoms in total. The molecule has 1 aliphatic heterocycles. The van der Waals surface area contributed by atoms with E-state index in [-0.39, 0.29) is 23.4 Å². The molecule has 0 bridgehead atoms. The monoisotopic (exact) mass is 365 g/mol. The fraction of sp³-hybridized carbons (Fsp3) is 0.333. The summed E-state index contributed by atoms with van der Waals surface area (Å²) < 4.78 is 5.41. The summed E-state index contributed by atoms with van der Waals surface area (Å²) in [5.41, 5.74) is 2.20. The standard InChI is InChI=1S/C21H23N3O3/c25-19(24-18-14-21(18)10-12-27-13-11-21)15-6-8-17(9-7-15)23-20(26)22-16-4-2-1-3-5-16/h1-9,18H,10-14H2,(H,24,25)(H2,22,23,26). The summed E-state index contributed by atoms with van der Waals surface area (Å²) in [6.07, 6.45) is 3.09. The maximum atomic E-state index is 12.5. The number of carbonyl (C=O) groups is 2. The van der Waals surface area contributed by atoms with E-state index in [0.717, 1.165) is 38.2 Å². The molecule has 1 spiro atoms. The van der Waals surface area contributed by atoms with E-state index in [1.165, 1.54) is 0 Å². The van der Waals surface area contributed by atoms with E-state index in [1.54, 1.807) is 24.3 Å². The Hall–Kier alpha value is -2.86. The fourth-order valence-electron chi connectivity index (χ4n) is 3.64. The van der Waals surface area contributed by atoms with Gasteiger partial charge in [-0.05, 0) is 61.1 Å². The number of benzene rings is 2. The minimum atomic E-state index is -0.321. The third-order valence-corrected chi connectivity index (χ3v) is 5.42. The summed E-state index contributed by atoms with van der Waals surface area (Å²) in [5, 5.41) is 8.65. The Morgan fingerprint density at radius 3 is 2.19 bits per heavy atom. The molecular weight excluding hydrogens is 342 g/mol. The van der Waals surface area contributed by atoms with E-state index >= 15 is 0 Å². The summed E-state index contributed by atoms with van der Waals surface area (Å²) in [7, 11) is 0. The van der Waals surface area contributed by atoms with Crippen molar-refractivity contribution in [3.63, 3.8) is 0 Å². The molecule has 1 saturated carbocycles. The normalized spacial score (nSPS) is 19.9. The zero-order chi connectivity index (χ0) is 18.7. The van der Waals surface area contributed by atoms with Gasteiger partial charge in [0.1, 0.15) is 0 Å². The lowest BCUT2D eigenvalue weighted by molar-refractivity contribution is 0.0535. The van der Waals surface area contributed by atoms with Gasteiger partial charge in [0.25, 0.3) is 5.91 Å². The van der Waals surface area contributed by atoms with Gasteiger partial charge in [0, 0.05) is 36.2 Å². The van der Waals surface area contributed by atoms with Gasteiger partial charge in [-0.25, -0.2) is 4.79 Å². The third-order valence-electron chi connectivity index (χ3n) is 5.42. The molecule has 27 heavy (non-hydrogen) atoms. The number of ether oxygens (including phenoxy) is 1. The van der Waals surface area contributed by atoms with Crippen LogP contribution in [0.1, 0.15) is 29.6 Å². The Kier molecular flexibility index (Phi) is 4.81. The van der Waals surface area contributed by atoms with Crippen molar-refractivity contribution in [3.8, 4) is 0 Å². The second kappa shape index (κ2) is 7.40. The first-order valence-electron chi connectivity index (χ1n) is 9.26. The Balaban J connectivity index is 1.29. The second-order valence-corrected chi connectivity index (χ2v) is 7.23. The quantitative estimate of drug-likeness (QED) is 0.774. The van der Waals surface area contributed by atoms with Crippen molar-refractivity contribution >= 4 is 23.3 Å². The molecule has 4 rings (SSSR count). The zero-order valence-corrected chi connectivity index (χ0v) is 15.0. The van der Waals surface area contributed by atoms with Gasteiger partial charge in [0.2, 0.25) is 0 Å². The topological polar surface area (TPSA) is 79.5 Å². The Morgan fingerprint density at radius 1 is 0.889 bits per heavy atom. The van der Waals surface area contributed by atoms with Gasteiger partial charge in [-0.2, -0.15) is 0 Å². The molecule has 2 fully saturated rings. The van der Waals surface area contributed by atoms with Crippen LogP contribution in [0.25, 0.3) is 0 Å². The van der Waals surface area contributed by atoms with Crippen molar-refractivity contribution in [2.45, 2.75) is 25.3 Å². The lowest BCUT2D eigenvalue weighted by Gasteiger charge is -2.22. The molecule has 3 amide bonds. The third kappa shape index (κ3) is 4.11. The maximum absolute atomic E-state index is 12.5. The van der Waals surface area contributed by atoms with Crippen molar-refractivity contribution < 1.29 is 14.3 Å². The molecule has 6 heteroatoms. The predicted molar refractivity (Wildman–Crippen MR) is 104 cm³/mol. The van der Waals surface area contributed by atoms with Crippen LogP contribution in [0.15, 0.2) is 54.6 Å². The average Bonchev–Trinajstić information content (AvgIpc) is 3.33. The largest absolute Gasteiger partial charge is 0.381 e. The molecular formula is C21H23N3O3. The number of rotatable bonds is 4. The maximum Gasteiger partial charge on any atom is 0.323 e. The SMILES string of the molecule is O=C(Nc1ccccc1)Nc1ccc(C(=O)NC2CC23CCOCC3)cc1. The minimum absolute atomic E-state index is 0.0661. The van der Waals surface area contributed by atoms with Gasteiger partial charge >= 0.3 is 6.03 Å². The number of carbonyl (C=O) groups excluding carboxylic acids is 2. The van der Waals surface area contributed by atoms with Crippen LogP contribution in [0.5, 0.6) is 0 Å². The van der Waals surface area contributed by atoms with E-state index in [1.807, 2.05) is 30.3 Å². The Morgan fingerprint density at radius 2 is 1.52 bits per heavy atom. The van der Waals surface area contributed by atoms with Crippen molar-refractivity contribution in [1.29, 1.82) is 0 Å². The number of amides is 3. The average molecular weight is 365 g/mol. The van der Waals surface area contributed by atoms with Crippen LogP contribution in [0.4, 0.5) is 16.2 Å². The Bertz CT molecular complexity index is 814. The molecule has 1 atom stereocenters. The first-order chi connectivity index (χ1) is 13.1. The fourth-order valence-corrected chi connectivity index (χ4v) is 3.64. The van der Waals surface area contributed by atoms with E-state index in [9.17, 15) is 9.59 Å². The van der Waals surface area contributed by atoms with Crippen LogP contribution in [0, 0.1) is 5.41 Å². The van der Waals surface area contributed by atoms with E-state index in [2.05, 4.69) is 16.0 Å². The van der Waals surface area contributed by atoms with Gasteiger partial charge in [0.05, 0.1) is 0 Å². The number of anilines is 2. The number of hydrogen-bond donors (Lipinski definition) is 3. The number of para-hydroxylation sites is 1. The first-order valence-corrected chi connectivity index (χ1v) is 9.26. The molecule has 0 radical (unpaired) electrons. The van der Waals surface area contributed by atoms with E-state index in [0.29, 0.717) is 11.3 Å². The molecule has 2 aliphatic rings. The van der Waals surface area contributed by atoms with Crippen LogP contribution >= 0.6 is 0 Å². The molecule has 2 aromatic rings.